The van der Waals surface area contributed by atoms with Crippen LogP contribution in [-0.4, -0.2) is 63.3 Å². The smallest absolute Gasteiger partial charge is 0.191 e. The fraction of sp³-hybridized carbons (Fsp3) is 0.933. The lowest BCUT2D eigenvalue weighted by molar-refractivity contribution is 0.152. The average Bonchev–Trinajstić information content (AvgIpc) is 2.47. The summed E-state index contributed by atoms with van der Waals surface area (Å²) in [7, 11) is 1.81. The number of aliphatic imine (C=N–C) groups is 1. The van der Waals surface area contributed by atoms with Crippen LogP contribution in [0.1, 0.15) is 39.5 Å². The molecule has 0 amide bonds. The van der Waals surface area contributed by atoms with Crippen LogP contribution in [0.3, 0.4) is 0 Å². The maximum absolute atomic E-state index is 5.29. The first kappa shape index (κ1) is 17.2. The van der Waals surface area contributed by atoms with Crippen molar-refractivity contribution in [1.29, 1.82) is 0 Å². The molecule has 1 atom stereocenters. The predicted octanol–water partition coefficient (Wildman–Crippen LogP) is 1.45. The Morgan fingerprint density at radius 1 is 1.30 bits per heavy atom. The number of ether oxygens (including phenoxy) is 1. The summed E-state index contributed by atoms with van der Waals surface area (Å²) >= 11 is 0. The van der Waals surface area contributed by atoms with E-state index < -0.39 is 0 Å². The molecule has 1 saturated heterocycles. The third-order valence-electron chi connectivity index (χ3n) is 3.82. The number of nitrogens with zero attached hydrogens (tertiary/aromatic N) is 2. The number of rotatable bonds is 8. The van der Waals surface area contributed by atoms with Crippen LogP contribution >= 0.6 is 0 Å². The summed E-state index contributed by atoms with van der Waals surface area (Å²) in [6.45, 7) is 10.1. The van der Waals surface area contributed by atoms with E-state index in [-0.39, 0.29) is 0 Å². The third-order valence-corrected chi connectivity index (χ3v) is 3.82. The van der Waals surface area contributed by atoms with Gasteiger partial charge in [0.25, 0.3) is 0 Å². The molecule has 0 aromatic heterocycles. The Labute approximate surface area is 124 Å². The van der Waals surface area contributed by atoms with Crippen molar-refractivity contribution < 1.29 is 4.74 Å². The standard InChI is InChI=1S/C15H32N4O/c1-4-20-13-10-18-15(16-3)17-9-7-12-19-11-6-5-8-14(19)2/h14H,4-13H2,1-3H3,(H2,16,17,18). The van der Waals surface area contributed by atoms with Crippen LogP contribution in [0.15, 0.2) is 4.99 Å². The number of guanidine groups is 1. The molecule has 118 valence electrons. The van der Waals surface area contributed by atoms with E-state index in [4.69, 9.17) is 4.74 Å². The predicted molar refractivity (Wildman–Crippen MR) is 85.4 cm³/mol. The zero-order valence-corrected chi connectivity index (χ0v) is 13.5. The first-order valence-corrected chi connectivity index (χ1v) is 8.04. The number of nitrogens with one attached hydrogen (secondary N) is 2. The van der Waals surface area contributed by atoms with Gasteiger partial charge >= 0.3 is 0 Å². The minimum Gasteiger partial charge on any atom is -0.380 e. The second-order valence-corrected chi connectivity index (χ2v) is 5.36. The molecule has 20 heavy (non-hydrogen) atoms. The van der Waals surface area contributed by atoms with Gasteiger partial charge in [0.1, 0.15) is 0 Å². The topological polar surface area (TPSA) is 48.9 Å². The van der Waals surface area contributed by atoms with Gasteiger partial charge in [-0.3, -0.25) is 4.99 Å². The molecule has 1 aliphatic heterocycles. The van der Waals surface area contributed by atoms with Crippen molar-refractivity contribution in [2.24, 2.45) is 4.99 Å². The van der Waals surface area contributed by atoms with Gasteiger partial charge in [0.05, 0.1) is 6.61 Å². The molecule has 0 aromatic rings. The normalized spacial score (nSPS) is 20.9. The Morgan fingerprint density at radius 3 is 2.80 bits per heavy atom. The number of hydrogen-bond acceptors (Lipinski definition) is 3. The highest BCUT2D eigenvalue weighted by molar-refractivity contribution is 5.79. The van der Waals surface area contributed by atoms with Crippen molar-refractivity contribution in [3.63, 3.8) is 0 Å². The molecule has 0 aromatic carbocycles. The van der Waals surface area contributed by atoms with Crippen LogP contribution in [0.2, 0.25) is 0 Å². The lowest BCUT2D eigenvalue weighted by Crippen LogP contribution is -2.42. The Balaban J connectivity index is 2.06. The molecule has 1 rings (SSSR count). The largest absolute Gasteiger partial charge is 0.380 e. The molecular weight excluding hydrogens is 252 g/mol. The highest BCUT2D eigenvalue weighted by Crippen LogP contribution is 2.15. The number of hydrogen-bond donors (Lipinski definition) is 2. The zero-order chi connectivity index (χ0) is 14.6. The van der Waals surface area contributed by atoms with E-state index in [1.165, 1.54) is 32.4 Å². The van der Waals surface area contributed by atoms with Gasteiger partial charge in [-0.1, -0.05) is 6.42 Å². The minimum absolute atomic E-state index is 0.725. The molecule has 1 fully saturated rings. The lowest BCUT2D eigenvalue weighted by Gasteiger charge is -2.33. The van der Waals surface area contributed by atoms with Gasteiger partial charge in [-0.25, -0.2) is 0 Å². The maximum atomic E-state index is 5.29. The fourth-order valence-electron chi connectivity index (χ4n) is 2.59. The molecule has 1 aliphatic rings. The molecule has 1 heterocycles. The molecule has 2 N–H and O–H groups in total. The van der Waals surface area contributed by atoms with Crippen LogP contribution in [0.4, 0.5) is 0 Å². The summed E-state index contributed by atoms with van der Waals surface area (Å²) in [5, 5.41) is 6.61. The van der Waals surface area contributed by atoms with Crippen molar-refractivity contribution in [3.8, 4) is 0 Å². The summed E-state index contributed by atoms with van der Waals surface area (Å²) < 4.78 is 5.29. The van der Waals surface area contributed by atoms with E-state index in [0.717, 1.165) is 44.7 Å². The first-order chi connectivity index (χ1) is 9.77. The summed E-state index contributed by atoms with van der Waals surface area (Å²) in [5.41, 5.74) is 0. The van der Waals surface area contributed by atoms with E-state index in [1.807, 2.05) is 14.0 Å². The van der Waals surface area contributed by atoms with Crippen LogP contribution in [0.25, 0.3) is 0 Å². The minimum atomic E-state index is 0.725. The molecule has 5 nitrogen and oxygen atoms in total. The first-order valence-electron chi connectivity index (χ1n) is 8.04. The van der Waals surface area contributed by atoms with Gasteiger partial charge in [-0.2, -0.15) is 0 Å². The van der Waals surface area contributed by atoms with Crippen LogP contribution in [0, 0.1) is 0 Å². The second kappa shape index (κ2) is 10.9. The van der Waals surface area contributed by atoms with Gasteiger partial charge in [-0.15, -0.1) is 0 Å². The Hall–Kier alpha value is -0.810. The molecule has 0 spiro atoms. The molecular formula is C15H32N4O. The van der Waals surface area contributed by atoms with Crippen LogP contribution in [-0.2, 0) is 4.74 Å². The van der Waals surface area contributed by atoms with Crippen LogP contribution < -0.4 is 10.6 Å². The second-order valence-electron chi connectivity index (χ2n) is 5.36. The SMILES string of the molecule is CCOCCNC(=NC)NCCCN1CCCCC1C. The van der Waals surface area contributed by atoms with Gasteiger partial charge in [-0.05, 0) is 39.7 Å². The summed E-state index contributed by atoms with van der Waals surface area (Å²) in [6, 6.07) is 0.757. The lowest BCUT2D eigenvalue weighted by atomic mass is 10.0. The summed E-state index contributed by atoms with van der Waals surface area (Å²) in [6.07, 6.45) is 5.27. The summed E-state index contributed by atoms with van der Waals surface area (Å²) in [4.78, 5) is 6.82. The zero-order valence-electron chi connectivity index (χ0n) is 13.5. The molecule has 0 radical (unpaired) electrons. The van der Waals surface area contributed by atoms with Gasteiger partial charge in [0, 0.05) is 39.3 Å². The van der Waals surface area contributed by atoms with E-state index in [0.29, 0.717) is 0 Å². The third kappa shape index (κ3) is 7.10. The highest BCUT2D eigenvalue weighted by atomic mass is 16.5. The van der Waals surface area contributed by atoms with Crippen molar-refractivity contribution >= 4 is 5.96 Å². The Morgan fingerprint density at radius 2 is 2.10 bits per heavy atom. The van der Waals surface area contributed by atoms with Crippen molar-refractivity contribution in [1.82, 2.24) is 15.5 Å². The Kier molecular flexibility index (Phi) is 9.41. The molecule has 1 unspecified atom stereocenters. The summed E-state index contributed by atoms with van der Waals surface area (Å²) in [5.74, 6) is 0.872. The van der Waals surface area contributed by atoms with Crippen LogP contribution in [0.5, 0.6) is 0 Å². The van der Waals surface area contributed by atoms with E-state index >= 15 is 0 Å². The number of piperidine rings is 1. The van der Waals surface area contributed by atoms with Gasteiger partial charge in [0.2, 0.25) is 0 Å². The highest BCUT2D eigenvalue weighted by Gasteiger charge is 2.16. The molecule has 0 aliphatic carbocycles. The van der Waals surface area contributed by atoms with Crippen molar-refractivity contribution in [2.75, 3.05) is 46.4 Å². The molecule has 0 bridgehead atoms. The average molecular weight is 284 g/mol. The van der Waals surface area contributed by atoms with E-state index in [9.17, 15) is 0 Å². The molecule has 5 heteroatoms. The van der Waals surface area contributed by atoms with E-state index in [1.54, 1.807) is 0 Å². The maximum Gasteiger partial charge on any atom is 0.191 e. The fourth-order valence-corrected chi connectivity index (χ4v) is 2.59. The Bertz CT molecular complexity index is 271. The van der Waals surface area contributed by atoms with Gasteiger partial charge in [0.15, 0.2) is 5.96 Å². The van der Waals surface area contributed by atoms with E-state index in [2.05, 4.69) is 27.4 Å². The number of likely N-dealkylation sites (tertiary alicyclic amines) is 1. The molecule has 0 saturated carbocycles. The van der Waals surface area contributed by atoms with Gasteiger partial charge < -0.3 is 20.3 Å². The van der Waals surface area contributed by atoms with Crippen molar-refractivity contribution in [3.05, 3.63) is 0 Å². The monoisotopic (exact) mass is 284 g/mol. The van der Waals surface area contributed by atoms with Crippen molar-refractivity contribution in [2.45, 2.75) is 45.6 Å². The quantitative estimate of drug-likeness (QED) is 0.402.